The molecule has 0 amide bonds. The zero-order valence-electron chi connectivity index (χ0n) is 17.0. The van der Waals surface area contributed by atoms with Crippen LogP contribution in [0.5, 0.6) is 0 Å². The van der Waals surface area contributed by atoms with Gasteiger partial charge >= 0.3 is 0 Å². The Morgan fingerprint density at radius 3 is 2.48 bits per heavy atom. The first-order valence-electron chi connectivity index (χ1n) is 10.0. The Bertz CT molecular complexity index is 1340. The molecule has 0 spiro atoms. The lowest BCUT2D eigenvalue weighted by Gasteiger charge is -2.07. The fraction of sp³-hybridized carbons (Fsp3) is 0.0769. The van der Waals surface area contributed by atoms with Gasteiger partial charge in [-0.3, -0.25) is 0 Å². The van der Waals surface area contributed by atoms with E-state index in [9.17, 15) is 0 Å². The SMILES string of the molecule is Cc1cccc(CSc2ncnc3c2c(-c2ccccc2)cn3-c2ccc(Cl)cc2)c1. The maximum Gasteiger partial charge on any atom is 0.149 e. The number of aromatic nitrogens is 3. The van der Waals surface area contributed by atoms with Gasteiger partial charge in [0, 0.05) is 28.2 Å². The van der Waals surface area contributed by atoms with Crippen LogP contribution in [0.2, 0.25) is 5.02 Å². The number of fused-ring (bicyclic) bond motifs is 1. The highest BCUT2D eigenvalue weighted by Gasteiger charge is 2.17. The molecular weight excluding hydrogens is 422 g/mol. The van der Waals surface area contributed by atoms with E-state index >= 15 is 0 Å². The van der Waals surface area contributed by atoms with Crippen molar-refractivity contribution in [3.05, 3.63) is 108 Å². The molecule has 5 aromatic rings. The van der Waals surface area contributed by atoms with Gasteiger partial charge in [0.15, 0.2) is 0 Å². The first-order chi connectivity index (χ1) is 15.2. The van der Waals surface area contributed by atoms with E-state index in [1.165, 1.54) is 11.1 Å². The molecule has 5 heteroatoms. The number of rotatable bonds is 5. The second-order valence-corrected chi connectivity index (χ2v) is 8.81. The summed E-state index contributed by atoms with van der Waals surface area (Å²) >= 11 is 7.86. The van der Waals surface area contributed by atoms with Crippen molar-refractivity contribution in [2.24, 2.45) is 0 Å². The van der Waals surface area contributed by atoms with Gasteiger partial charge in [-0.15, -0.1) is 11.8 Å². The number of nitrogens with zero attached hydrogens (tertiary/aromatic N) is 3. The molecule has 2 heterocycles. The number of halogens is 1. The minimum Gasteiger partial charge on any atom is -0.301 e. The third kappa shape index (κ3) is 4.09. The van der Waals surface area contributed by atoms with E-state index in [4.69, 9.17) is 11.6 Å². The molecule has 3 aromatic carbocycles. The van der Waals surface area contributed by atoms with Crippen molar-refractivity contribution in [1.29, 1.82) is 0 Å². The smallest absolute Gasteiger partial charge is 0.149 e. The summed E-state index contributed by atoms with van der Waals surface area (Å²) in [6.07, 6.45) is 3.80. The topological polar surface area (TPSA) is 30.7 Å². The van der Waals surface area contributed by atoms with Gasteiger partial charge in [0.1, 0.15) is 17.0 Å². The molecule has 0 aliphatic heterocycles. The van der Waals surface area contributed by atoms with E-state index in [2.05, 4.69) is 76.2 Å². The summed E-state index contributed by atoms with van der Waals surface area (Å²) in [5.74, 6) is 0.855. The van der Waals surface area contributed by atoms with Crippen LogP contribution in [0, 0.1) is 6.92 Å². The molecule has 0 unspecified atom stereocenters. The molecular formula is C26H20ClN3S. The van der Waals surface area contributed by atoms with Gasteiger partial charge in [0.2, 0.25) is 0 Å². The Balaban J connectivity index is 1.65. The molecule has 0 bridgehead atoms. The molecule has 0 aliphatic carbocycles. The Morgan fingerprint density at radius 1 is 0.903 bits per heavy atom. The summed E-state index contributed by atoms with van der Waals surface area (Å²) in [6.45, 7) is 2.12. The van der Waals surface area contributed by atoms with Crippen LogP contribution < -0.4 is 0 Å². The third-order valence-electron chi connectivity index (χ3n) is 5.20. The molecule has 0 aliphatic rings. The molecule has 0 fully saturated rings. The summed E-state index contributed by atoms with van der Waals surface area (Å²) in [5, 5.41) is 2.77. The van der Waals surface area contributed by atoms with Crippen LogP contribution in [-0.4, -0.2) is 14.5 Å². The molecule has 152 valence electrons. The fourth-order valence-electron chi connectivity index (χ4n) is 3.73. The van der Waals surface area contributed by atoms with E-state index in [1.807, 2.05) is 30.3 Å². The molecule has 3 nitrogen and oxygen atoms in total. The summed E-state index contributed by atoms with van der Waals surface area (Å²) in [5.41, 5.74) is 6.73. The molecule has 0 saturated heterocycles. The van der Waals surface area contributed by atoms with Gasteiger partial charge < -0.3 is 4.57 Å². The van der Waals surface area contributed by atoms with Crippen LogP contribution in [0.3, 0.4) is 0 Å². The van der Waals surface area contributed by atoms with E-state index in [0.717, 1.165) is 38.6 Å². The zero-order chi connectivity index (χ0) is 21.2. The first kappa shape index (κ1) is 19.9. The molecule has 0 N–H and O–H groups in total. The summed E-state index contributed by atoms with van der Waals surface area (Å²) in [7, 11) is 0. The van der Waals surface area contributed by atoms with Gasteiger partial charge in [-0.25, -0.2) is 9.97 Å². The lowest BCUT2D eigenvalue weighted by Crippen LogP contribution is -1.95. The Hall–Kier alpha value is -3.08. The Labute approximate surface area is 190 Å². The third-order valence-corrected chi connectivity index (χ3v) is 6.51. The predicted molar refractivity (Wildman–Crippen MR) is 130 cm³/mol. The average molecular weight is 442 g/mol. The van der Waals surface area contributed by atoms with Crippen LogP contribution in [0.25, 0.3) is 27.8 Å². The van der Waals surface area contributed by atoms with Crippen LogP contribution in [0.1, 0.15) is 11.1 Å². The minimum absolute atomic E-state index is 0.715. The van der Waals surface area contributed by atoms with E-state index in [1.54, 1.807) is 18.1 Å². The number of hydrogen-bond acceptors (Lipinski definition) is 3. The van der Waals surface area contributed by atoms with Gasteiger partial charge in [0.25, 0.3) is 0 Å². The second kappa shape index (κ2) is 8.58. The van der Waals surface area contributed by atoms with Gasteiger partial charge in [-0.05, 0) is 42.3 Å². The highest BCUT2D eigenvalue weighted by atomic mass is 35.5. The highest BCUT2D eigenvalue weighted by Crippen LogP contribution is 2.37. The van der Waals surface area contributed by atoms with Gasteiger partial charge in [-0.1, -0.05) is 71.8 Å². The van der Waals surface area contributed by atoms with Crippen LogP contribution in [0.4, 0.5) is 0 Å². The molecule has 2 aromatic heterocycles. The highest BCUT2D eigenvalue weighted by molar-refractivity contribution is 7.98. The van der Waals surface area contributed by atoms with Crippen LogP contribution in [0.15, 0.2) is 96.4 Å². The van der Waals surface area contributed by atoms with Crippen molar-refractivity contribution in [2.75, 3.05) is 0 Å². The van der Waals surface area contributed by atoms with Crippen molar-refractivity contribution in [2.45, 2.75) is 17.7 Å². The lowest BCUT2D eigenvalue weighted by molar-refractivity contribution is 1.04. The molecule has 0 radical (unpaired) electrons. The van der Waals surface area contributed by atoms with Crippen molar-refractivity contribution in [3.63, 3.8) is 0 Å². The van der Waals surface area contributed by atoms with Crippen molar-refractivity contribution in [3.8, 4) is 16.8 Å². The zero-order valence-corrected chi connectivity index (χ0v) is 18.6. The van der Waals surface area contributed by atoms with Crippen molar-refractivity contribution < 1.29 is 0 Å². The van der Waals surface area contributed by atoms with Crippen molar-refractivity contribution >= 4 is 34.4 Å². The molecule has 31 heavy (non-hydrogen) atoms. The summed E-state index contributed by atoms with van der Waals surface area (Å²) < 4.78 is 2.12. The molecule has 0 saturated carbocycles. The van der Waals surface area contributed by atoms with E-state index in [-0.39, 0.29) is 0 Å². The molecule has 5 rings (SSSR count). The second-order valence-electron chi connectivity index (χ2n) is 7.41. The quantitative estimate of drug-likeness (QED) is 0.211. The maximum absolute atomic E-state index is 6.12. The maximum atomic E-state index is 6.12. The largest absolute Gasteiger partial charge is 0.301 e. The summed E-state index contributed by atoms with van der Waals surface area (Å²) in [4.78, 5) is 9.33. The van der Waals surface area contributed by atoms with Gasteiger partial charge in [0.05, 0.1) is 5.39 Å². The fourth-order valence-corrected chi connectivity index (χ4v) is 4.81. The lowest BCUT2D eigenvalue weighted by atomic mass is 10.1. The van der Waals surface area contributed by atoms with Gasteiger partial charge in [-0.2, -0.15) is 0 Å². The monoisotopic (exact) mass is 441 g/mol. The Kier molecular flexibility index (Phi) is 5.49. The number of aryl methyl sites for hydroxylation is 1. The average Bonchev–Trinajstić information content (AvgIpc) is 3.19. The van der Waals surface area contributed by atoms with E-state index in [0.29, 0.717) is 5.02 Å². The molecule has 0 atom stereocenters. The van der Waals surface area contributed by atoms with E-state index < -0.39 is 0 Å². The summed E-state index contributed by atoms with van der Waals surface area (Å²) in [6, 6.07) is 26.9. The standard InChI is InChI=1S/C26H20ClN3S/c1-18-6-5-7-19(14-18)16-31-26-24-23(20-8-3-2-4-9-20)15-30(25(24)28-17-29-26)22-12-10-21(27)11-13-22/h2-15,17H,16H2,1H3. The Morgan fingerprint density at radius 2 is 1.71 bits per heavy atom. The number of thioether (sulfide) groups is 1. The van der Waals surface area contributed by atoms with Crippen LogP contribution >= 0.6 is 23.4 Å². The normalized spacial score (nSPS) is 11.2. The predicted octanol–water partition coefficient (Wildman–Crippen LogP) is 7.34. The first-order valence-corrected chi connectivity index (χ1v) is 11.4. The minimum atomic E-state index is 0.715. The van der Waals surface area contributed by atoms with Crippen molar-refractivity contribution in [1.82, 2.24) is 14.5 Å². The number of benzene rings is 3. The number of hydrogen-bond donors (Lipinski definition) is 0. The van der Waals surface area contributed by atoms with Crippen LogP contribution in [-0.2, 0) is 5.75 Å².